The molecular formula is C16H25NO. The highest BCUT2D eigenvalue weighted by atomic mass is 16.3. The Labute approximate surface area is 110 Å². The van der Waals surface area contributed by atoms with E-state index in [4.69, 9.17) is 5.73 Å². The Morgan fingerprint density at radius 3 is 2.22 bits per heavy atom. The van der Waals surface area contributed by atoms with E-state index in [2.05, 4.69) is 32.0 Å². The number of hydrogen-bond acceptors (Lipinski definition) is 2. The van der Waals surface area contributed by atoms with Crippen LogP contribution in [0.4, 0.5) is 0 Å². The Hall–Kier alpha value is -0.860. The summed E-state index contributed by atoms with van der Waals surface area (Å²) < 4.78 is 0. The van der Waals surface area contributed by atoms with Crippen LogP contribution in [0.3, 0.4) is 0 Å². The first kappa shape index (κ1) is 13.6. The number of aryl methyl sites for hydroxylation is 2. The third-order valence-electron chi connectivity index (χ3n) is 4.65. The Morgan fingerprint density at radius 2 is 1.72 bits per heavy atom. The van der Waals surface area contributed by atoms with Crippen LogP contribution in [0.2, 0.25) is 0 Å². The number of aliphatic hydroxyl groups excluding tert-OH is 1. The average Bonchev–Trinajstić information content (AvgIpc) is 2.39. The van der Waals surface area contributed by atoms with Crippen LogP contribution in [0, 0.1) is 19.3 Å². The van der Waals surface area contributed by atoms with Gasteiger partial charge in [0.2, 0.25) is 0 Å². The van der Waals surface area contributed by atoms with Crippen molar-refractivity contribution >= 4 is 0 Å². The second-order valence-electron chi connectivity index (χ2n) is 5.84. The minimum Gasteiger partial charge on any atom is -0.388 e. The Balaban J connectivity index is 2.36. The largest absolute Gasteiger partial charge is 0.388 e. The first-order valence-electron chi connectivity index (χ1n) is 7.05. The molecule has 18 heavy (non-hydrogen) atoms. The minimum absolute atomic E-state index is 0.102. The van der Waals surface area contributed by atoms with Crippen LogP contribution < -0.4 is 5.73 Å². The smallest absolute Gasteiger partial charge is 0.0863 e. The second-order valence-corrected chi connectivity index (χ2v) is 5.84. The van der Waals surface area contributed by atoms with Crippen molar-refractivity contribution in [2.45, 2.75) is 52.1 Å². The van der Waals surface area contributed by atoms with E-state index < -0.39 is 6.10 Å². The van der Waals surface area contributed by atoms with Crippen molar-refractivity contribution in [3.8, 4) is 0 Å². The molecule has 3 N–H and O–H groups in total. The summed E-state index contributed by atoms with van der Waals surface area (Å²) in [5.74, 6) is 0. The van der Waals surface area contributed by atoms with Gasteiger partial charge in [-0.1, -0.05) is 37.5 Å². The highest BCUT2D eigenvalue weighted by molar-refractivity contribution is 5.36. The lowest BCUT2D eigenvalue weighted by Gasteiger charge is -2.41. The van der Waals surface area contributed by atoms with Crippen molar-refractivity contribution in [3.05, 3.63) is 34.9 Å². The van der Waals surface area contributed by atoms with Gasteiger partial charge < -0.3 is 10.8 Å². The molecule has 0 amide bonds. The van der Waals surface area contributed by atoms with Gasteiger partial charge in [-0.2, -0.15) is 0 Å². The number of hydrogen-bond donors (Lipinski definition) is 2. The van der Waals surface area contributed by atoms with Crippen LogP contribution in [0.15, 0.2) is 18.2 Å². The quantitative estimate of drug-likeness (QED) is 0.861. The Bertz CT molecular complexity index is 387. The first-order chi connectivity index (χ1) is 8.60. The summed E-state index contributed by atoms with van der Waals surface area (Å²) in [6, 6.07) is 6.22. The van der Waals surface area contributed by atoms with E-state index in [1.54, 1.807) is 0 Å². The fraction of sp³-hybridized carbons (Fsp3) is 0.625. The minimum atomic E-state index is -0.413. The molecule has 1 saturated carbocycles. The van der Waals surface area contributed by atoms with Gasteiger partial charge >= 0.3 is 0 Å². The third-order valence-corrected chi connectivity index (χ3v) is 4.65. The molecule has 1 fully saturated rings. The van der Waals surface area contributed by atoms with E-state index >= 15 is 0 Å². The third kappa shape index (κ3) is 2.32. The summed E-state index contributed by atoms with van der Waals surface area (Å²) in [5.41, 5.74) is 9.38. The summed E-state index contributed by atoms with van der Waals surface area (Å²) in [6.07, 6.45) is 5.36. The van der Waals surface area contributed by atoms with Gasteiger partial charge in [0.15, 0.2) is 0 Å². The monoisotopic (exact) mass is 247 g/mol. The van der Waals surface area contributed by atoms with Gasteiger partial charge in [0.25, 0.3) is 0 Å². The molecule has 1 aromatic carbocycles. The zero-order valence-corrected chi connectivity index (χ0v) is 11.6. The molecule has 1 aromatic rings. The van der Waals surface area contributed by atoms with Crippen molar-refractivity contribution in [1.29, 1.82) is 0 Å². The lowest BCUT2D eigenvalue weighted by atomic mass is 9.67. The molecule has 1 unspecified atom stereocenters. The Kier molecular flexibility index (Phi) is 4.08. The molecular weight excluding hydrogens is 222 g/mol. The van der Waals surface area contributed by atoms with Gasteiger partial charge in [-0.3, -0.25) is 0 Å². The van der Waals surface area contributed by atoms with E-state index in [1.807, 2.05) is 0 Å². The summed E-state index contributed by atoms with van der Waals surface area (Å²) in [6.45, 7) is 4.75. The van der Waals surface area contributed by atoms with Gasteiger partial charge in [0, 0.05) is 12.0 Å². The van der Waals surface area contributed by atoms with E-state index in [0.717, 1.165) is 18.4 Å². The van der Waals surface area contributed by atoms with Gasteiger partial charge in [-0.25, -0.2) is 0 Å². The topological polar surface area (TPSA) is 46.2 Å². The van der Waals surface area contributed by atoms with Crippen LogP contribution in [0.5, 0.6) is 0 Å². The molecule has 100 valence electrons. The van der Waals surface area contributed by atoms with E-state index in [1.165, 1.54) is 30.4 Å². The lowest BCUT2D eigenvalue weighted by Crippen LogP contribution is -2.39. The molecule has 1 aliphatic carbocycles. The SMILES string of the molecule is Cc1cccc(C)c1C(O)C1(CN)CCCCC1. The zero-order valence-electron chi connectivity index (χ0n) is 11.6. The number of benzene rings is 1. The van der Waals surface area contributed by atoms with Crippen LogP contribution in [0.25, 0.3) is 0 Å². The van der Waals surface area contributed by atoms with Gasteiger partial charge in [-0.05, 0) is 43.4 Å². The van der Waals surface area contributed by atoms with Gasteiger partial charge in [-0.15, -0.1) is 0 Å². The Morgan fingerprint density at radius 1 is 1.17 bits per heavy atom. The molecule has 2 nitrogen and oxygen atoms in total. The first-order valence-corrected chi connectivity index (χ1v) is 7.05. The van der Waals surface area contributed by atoms with Crippen molar-refractivity contribution in [2.24, 2.45) is 11.1 Å². The molecule has 1 aliphatic rings. The molecule has 2 heteroatoms. The highest BCUT2D eigenvalue weighted by Gasteiger charge is 2.39. The maximum absolute atomic E-state index is 10.9. The molecule has 0 heterocycles. The maximum atomic E-state index is 10.9. The van der Waals surface area contributed by atoms with E-state index in [9.17, 15) is 5.11 Å². The lowest BCUT2D eigenvalue weighted by molar-refractivity contribution is -0.0000959. The van der Waals surface area contributed by atoms with E-state index in [0.29, 0.717) is 6.54 Å². The van der Waals surface area contributed by atoms with Crippen molar-refractivity contribution in [2.75, 3.05) is 6.54 Å². The molecule has 1 atom stereocenters. The van der Waals surface area contributed by atoms with Gasteiger partial charge in [0.1, 0.15) is 0 Å². The predicted molar refractivity (Wildman–Crippen MR) is 75.4 cm³/mol. The fourth-order valence-corrected chi connectivity index (χ4v) is 3.41. The molecule has 0 aliphatic heterocycles. The molecule has 0 radical (unpaired) electrons. The highest BCUT2D eigenvalue weighted by Crippen LogP contribution is 2.46. The zero-order chi connectivity index (χ0) is 13.2. The van der Waals surface area contributed by atoms with Crippen LogP contribution in [0.1, 0.15) is 54.9 Å². The van der Waals surface area contributed by atoms with Crippen LogP contribution >= 0.6 is 0 Å². The summed E-state index contributed by atoms with van der Waals surface area (Å²) in [5, 5.41) is 10.9. The fourth-order valence-electron chi connectivity index (χ4n) is 3.41. The van der Waals surface area contributed by atoms with Crippen LogP contribution in [-0.2, 0) is 0 Å². The molecule has 2 rings (SSSR count). The van der Waals surface area contributed by atoms with Crippen molar-refractivity contribution in [1.82, 2.24) is 0 Å². The normalized spacial score (nSPS) is 20.7. The summed E-state index contributed by atoms with van der Waals surface area (Å²) in [4.78, 5) is 0. The molecule has 0 aromatic heterocycles. The maximum Gasteiger partial charge on any atom is 0.0863 e. The molecule has 0 saturated heterocycles. The van der Waals surface area contributed by atoms with E-state index in [-0.39, 0.29) is 5.41 Å². The van der Waals surface area contributed by atoms with Crippen LogP contribution in [-0.4, -0.2) is 11.7 Å². The van der Waals surface area contributed by atoms with Crippen molar-refractivity contribution in [3.63, 3.8) is 0 Å². The van der Waals surface area contributed by atoms with Gasteiger partial charge in [0.05, 0.1) is 6.10 Å². The average molecular weight is 247 g/mol. The summed E-state index contributed by atoms with van der Waals surface area (Å²) >= 11 is 0. The number of aliphatic hydroxyl groups is 1. The number of nitrogens with two attached hydrogens (primary N) is 1. The predicted octanol–water partition coefficient (Wildman–Crippen LogP) is 3.25. The molecule has 0 bridgehead atoms. The standard InChI is InChI=1S/C16H25NO/c1-12-7-6-8-13(2)14(12)15(18)16(11-17)9-4-3-5-10-16/h6-8,15,18H,3-5,9-11,17H2,1-2H3. The van der Waals surface area contributed by atoms with Crippen molar-refractivity contribution < 1.29 is 5.11 Å². The second kappa shape index (κ2) is 5.41. The summed E-state index contributed by atoms with van der Waals surface area (Å²) in [7, 11) is 0. The molecule has 0 spiro atoms. The number of rotatable bonds is 3.